The van der Waals surface area contributed by atoms with Crippen LogP contribution in [0.1, 0.15) is 5.56 Å². The number of nitrogens with two attached hydrogens (primary N) is 1. The van der Waals surface area contributed by atoms with E-state index in [1.165, 1.54) is 5.56 Å². The molecule has 0 amide bonds. The molecule has 0 bridgehead atoms. The number of hydrogen-bond acceptors (Lipinski definition) is 4. The zero-order chi connectivity index (χ0) is 12.6. The van der Waals surface area contributed by atoms with Crippen molar-refractivity contribution in [3.8, 4) is 11.5 Å². The number of rotatable bonds is 3. The van der Waals surface area contributed by atoms with Gasteiger partial charge in [0, 0.05) is 0 Å². The zero-order valence-corrected chi connectivity index (χ0v) is 9.69. The first-order valence-electron chi connectivity index (χ1n) is 4.65. The Hall–Kier alpha value is -1.75. The highest BCUT2D eigenvalue weighted by Gasteiger charge is 2.00. The van der Waals surface area contributed by atoms with Crippen LogP contribution >= 0.6 is 0 Å². The Labute approximate surface area is 94.8 Å². The first kappa shape index (κ1) is 14.2. The van der Waals surface area contributed by atoms with Crippen molar-refractivity contribution in [2.75, 3.05) is 20.8 Å². The Morgan fingerprint density at radius 3 is 2.19 bits per heavy atom. The van der Waals surface area contributed by atoms with Gasteiger partial charge < -0.3 is 20.3 Å². The van der Waals surface area contributed by atoms with Crippen LogP contribution in [0.3, 0.4) is 0 Å². The van der Waals surface area contributed by atoms with Gasteiger partial charge in [0.1, 0.15) is 0 Å². The summed E-state index contributed by atoms with van der Waals surface area (Å²) in [5.74, 6) is 0.593. The summed E-state index contributed by atoms with van der Waals surface area (Å²) in [6.07, 6.45) is 0. The van der Waals surface area contributed by atoms with E-state index in [1.807, 2.05) is 25.1 Å². The van der Waals surface area contributed by atoms with Crippen LogP contribution in [0.2, 0.25) is 0 Å². The predicted molar refractivity (Wildman–Crippen MR) is 61.0 cm³/mol. The van der Waals surface area contributed by atoms with Gasteiger partial charge in [0.2, 0.25) is 0 Å². The fourth-order valence-corrected chi connectivity index (χ4v) is 0.943. The van der Waals surface area contributed by atoms with E-state index in [4.69, 9.17) is 14.6 Å². The molecule has 0 atom stereocenters. The van der Waals surface area contributed by atoms with Gasteiger partial charge in [-0.3, -0.25) is 4.79 Å². The zero-order valence-electron chi connectivity index (χ0n) is 9.69. The number of carbonyl (C=O) groups is 1. The molecule has 0 radical (unpaired) electrons. The highest BCUT2D eigenvalue weighted by atomic mass is 16.5. The number of methoxy groups -OCH3 is 2. The predicted octanol–water partition coefficient (Wildman–Crippen LogP) is 1.04. The van der Waals surface area contributed by atoms with Crippen molar-refractivity contribution in [1.29, 1.82) is 0 Å². The largest absolute Gasteiger partial charge is 0.493 e. The first-order chi connectivity index (χ1) is 7.54. The summed E-state index contributed by atoms with van der Waals surface area (Å²) in [5, 5.41) is 7.60. The topological polar surface area (TPSA) is 81.8 Å². The van der Waals surface area contributed by atoms with Gasteiger partial charge in [0.25, 0.3) is 0 Å². The standard InChI is InChI=1S/C9H12O2.C2H5NO2/c1-7-4-5-8(10-2)9(6-7)11-3;3-1-2(4)5/h4-6H,1-3H3;1,3H2,(H,4,5). The number of carboxylic acids is 1. The van der Waals surface area contributed by atoms with Crippen molar-refractivity contribution in [3.05, 3.63) is 23.8 Å². The van der Waals surface area contributed by atoms with Gasteiger partial charge in [-0.2, -0.15) is 0 Å². The lowest BCUT2D eigenvalue weighted by Gasteiger charge is -2.06. The molecule has 1 aromatic rings. The molecule has 5 heteroatoms. The van der Waals surface area contributed by atoms with Crippen LogP contribution < -0.4 is 15.2 Å². The van der Waals surface area contributed by atoms with E-state index >= 15 is 0 Å². The van der Waals surface area contributed by atoms with E-state index in [2.05, 4.69) is 5.73 Å². The van der Waals surface area contributed by atoms with Crippen molar-refractivity contribution in [3.63, 3.8) is 0 Å². The number of carboxylic acid groups (broad SMARTS) is 1. The maximum Gasteiger partial charge on any atom is 0.317 e. The van der Waals surface area contributed by atoms with Crippen LogP contribution in [0.5, 0.6) is 11.5 Å². The molecule has 0 unspecified atom stereocenters. The molecule has 0 aromatic heterocycles. The second-order valence-corrected chi connectivity index (χ2v) is 2.96. The van der Waals surface area contributed by atoms with Crippen LogP contribution in [-0.2, 0) is 4.79 Å². The van der Waals surface area contributed by atoms with Crippen molar-refractivity contribution >= 4 is 5.97 Å². The smallest absolute Gasteiger partial charge is 0.317 e. The summed E-state index contributed by atoms with van der Waals surface area (Å²) < 4.78 is 10.2. The number of benzene rings is 1. The average molecular weight is 227 g/mol. The monoisotopic (exact) mass is 227 g/mol. The van der Waals surface area contributed by atoms with E-state index in [9.17, 15) is 4.79 Å². The summed E-state index contributed by atoms with van der Waals surface area (Å²) in [6, 6.07) is 5.83. The lowest BCUT2D eigenvalue weighted by atomic mass is 10.2. The lowest BCUT2D eigenvalue weighted by molar-refractivity contribution is -0.135. The number of hydrogen-bond donors (Lipinski definition) is 2. The molecular formula is C11H17NO4. The van der Waals surface area contributed by atoms with Gasteiger partial charge in [0.05, 0.1) is 20.8 Å². The number of ether oxygens (including phenoxy) is 2. The van der Waals surface area contributed by atoms with Crippen molar-refractivity contribution in [2.24, 2.45) is 5.73 Å². The van der Waals surface area contributed by atoms with Crippen LogP contribution in [0.15, 0.2) is 18.2 Å². The van der Waals surface area contributed by atoms with E-state index in [0.29, 0.717) is 0 Å². The van der Waals surface area contributed by atoms with E-state index in [0.717, 1.165) is 11.5 Å². The lowest BCUT2D eigenvalue weighted by Crippen LogP contribution is -2.10. The molecule has 1 aromatic carbocycles. The maximum absolute atomic E-state index is 9.24. The third kappa shape index (κ3) is 5.21. The van der Waals surface area contributed by atoms with Crippen LogP contribution in [-0.4, -0.2) is 31.8 Å². The van der Waals surface area contributed by atoms with Crippen LogP contribution in [0.4, 0.5) is 0 Å². The Morgan fingerprint density at radius 1 is 1.31 bits per heavy atom. The molecule has 3 N–H and O–H groups in total. The third-order valence-electron chi connectivity index (χ3n) is 1.71. The molecule has 5 nitrogen and oxygen atoms in total. The molecular weight excluding hydrogens is 210 g/mol. The maximum atomic E-state index is 9.24. The van der Waals surface area contributed by atoms with E-state index in [1.54, 1.807) is 14.2 Å². The van der Waals surface area contributed by atoms with Gasteiger partial charge in [-0.15, -0.1) is 0 Å². The first-order valence-corrected chi connectivity index (χ1v) is 4.65. The van der Waals surface area contributed by atoms with Gasteiger partial charge in [-0.05, 0) is 24.6 Å². The van der Waals surface area contributed by atoms with Crippen LogP contribution in [0.25, 0.3) is 0 Å². The van der Waals surface area contributed by atoms with E-state index < -0.39 is 5.97 Å². The average Bonchev–Trinajstić information content (AvgIpc) is 2.29. The van der Waals surface area contributed by atoms with Gasteiger partial charge in [-0.25, -0.2) is 0 Å². The minimum absolute atomic E-state index is 0.278. The molecule has 0 saturated carbocycles. The molecule has 90 valence electrons. The molecule has 0 aliphatic rings. The molecule has 0 aliphatic carbocycles. The van der Waals surface area contributed by atoms with Crippen LogP contribution in [0, 0.1) is 6.92 Å². The quantitative estimate of drug-likeness (QED) is 0.806. The Bertz CT molecular complexity index is 339. The molecule has 0 heterocycles. The Morgan fingerprint density at radius 2 is 1.81 bits per heavy atom. The minimum Gasteiger partial charge on any atom is -0.493 e. The summed E-state index contributed by atoms with van der Waals surface area (Å²) in [6.45, 7) is 1.74. The number of aliphatic carboxylic acids is 1. The normalized spacial score (nSPS) is 8.75. The molecule has 16 heavy (non-hydrogen) atoms. The third-order valence-corrected chi connectivity index (χ3v) is 1.71. The Kier molecular flexibility index (Phi) is 6.71. The van der Waals surface area contributed by atoms with E-state index in [-0.39, 0.29) is 6.54 Å². The summed E-state index contributed by atoms with van der Waals surface area (Å²) >= 11 is 0. The van der Waals surface area contributed by atoms with Crippen molar-refractivity contribution in [1.82, 2.24) is 0 Å². The highest BCUT2D eigenvalue weighted by Crippen LogP contribution is 2.26. The minimum atomic E-state index is -0.968. The highest BCUT2D eigenvalue weighted by molar-refractivity contribution is 5.68. The molecule has 0 saturated heterocycles. The summed E-state index contributed by atoms with van der Waals surface area (Å²) in [4.78, 5) is 9.24. The van der Waals surface area contributed by atoms with Gasteiger partial charge in [0.15, 0.2) is 11.5 Å². The summed E-state index contributed by atoms with van der Waals surface area (Å²) in [7, 11) is 3.27. The SMILES string of the molecule is COc1ccc(C)cc1OC.NCC(=O)O. The second-order valence-electron chi connectivity index (χ2n) is 2.96. The Balaban J connectivity index is 0.000000385. The molecule has 0 spiro atoms. The second kappa shape index (κ2) is 7.53. The van der Waals surface area contributed by atoms with Crippen molar-refractivity contribution < 1.29 is 19.4 Å². The molecule has 0 aliphatic heterocycles. The van der Waals surface area contributed by atoms with Gasteiger partial charge in [-0.1, -0.05) is 6.07 Å². The number of aryl methyl sites for hydroxylation is 1. The fraction of sp³-hybridized carbons (Fsp3) is 0.364. The summed E-state index contributed by atoms with van der Waals surface area (Å²) in [5.41, 5.74) is 5.74. The van der Waals surface area contributed by atoms with Crippen molar-refractivity contribution in [2.45, 2.75) is 6.92 Å². The molecule has 0 fully saturated rings. The molecule has 1 rings (SSSR count). The van der Waals surface area contributed by atoms with Gasteiger partial charge >= 0.3 is 5.97 Å². The fourth-order valence-electron chi connectivity index (χ4n) is 0.943.